The van der Waals surface area contributed by atoms with Gasteiger partial charge in [0.25, 0.3) is 0 Å². The van der Waals surface area contributed by atoms with E-state index in [1.807, 2.05) is 13.1 Å². The van der Waals surface area contributed by atoms with Gasteiger partial charge in [-0.15, -0.1) is 0 Å². The predicted molar refractivity (Wildman–Crippen MR) is 69.5 cm³/mol. The molecule has 0 fully saturated rings. The van der Waals surface area contributed by atoms with Gasteiger partial charge in [-0.25, -0.2) is 12.7 Å². The summed E-state index contributed by atoms with van der Waals surface area (Å²) in [5.74, 6) is 0. The Labute approximate surface area is 104 Å². The van der Waals surface area contributed by atoms with Gasteiger partial charge in [0.2, 0.25) is 10.0 Å². The van der Waals surface area contributed by atoms with Crippen molar-refractivity contribution < 1.29 is 8.42 Å². The summed E-state index contributed by atoms with van der Waals surface area (Å²) in [6.07, 6.45) is 0.902. The van der Waals surface area contributed by atoms with Crippen molar-refractivity contribution in [1.29, 1.82) is 0 Å². The summed E-state index contributed by atoms with van der Waals surface area (Å²) in [6.45, 7) is 2.74. The van der Waals surface area contributed by atoms with Gasteiger partial charge in [-0.2, -0.15) is 0 Å². The van der Waals surface area contributed by atoms with Crippen molar-refractivity contribution in [2.45, 2.75) is 24.8 Å². The van der Waals surface area contributed by atoms with E-state index in [0.717, 1.165) is 12.0 Å². The van der Waals surface area contributed by atoms with Crippen LogP contribution in [0.2, 0.25) is 0 Å². The number of nitrogens with one attached hydrogen (secondary N) is 1. The van der Waals surface area contributed by atoms with Gasteiger partial charge in [-0.3, -0.25) is 0 Å². The first-order valence-electron chi connectivity index (χ1n) is 5.62. The summed E-state index contributed by atoms with van der Waals surface area (Å²) in [5.41, 5.74) is 2.22. The molecule has 96 valence electrons. The SMILES string of the molecule is CCc1ccc(S(=O)(=O)N(C)C)cc1CNC. The van der Waals surface area contributed by atoms with Crippen LogP contribution >= 0.6 is 0 Å². The van der Waals surface area contributed by atoms with Gasteiger partial charge in [0.1, 0.15) is 0 Å². The van der Waals surface area contributed by atoms with E-state index in [0.29, 0.717) is 11.4 Å². The van der Waals surface area contributed by atoms with Crippen LogP contribution < -0.4 is 5.32 Å². The highest BCUT2D eigenvalue weighted by molar-refractivity contribution is 7.89. The Kier molecular flexibility index (Phi) is 4.68. The number of nitrogens with zero attached hydrogens (tertiary/aromatic N) is 1. The highest BCUT2D eigenvalue weighted by Gasteiger charge is 2.18. The summed E-state index contributed by atoms with van der Waals surface area (Å²) in [4.78, 5) is 0.352. The molecular formula is C12H20N2O2S. The minimum absolute atomic E-state index is 0.352. The van der Waals surface area contributed by atoms with Crippen LogP contribution in [0.3, 0.4) is 0 Å². The maximum Gasteiger partial charge on any atom is 0.242 e. The molecule has 17 heavy (non-hydrogen) atoms. The van der Waals surface area contributed by atoms with Crippen molar-refractivity contribution in [2.24, 2.45) is 0 Å². The van der Waals surface area contributed by atoms with E-state index >= 15 is 0 Å². The smallest absolute Gasteiger partial charge is 0.242 e. The van der Waals surface area contributed by atoms with E-state index in [9.17, 15) is 8.42 Å². The molecule has 0 saturated heterocycles. The van der Waals surface area contributed by atoms with Crippen molar-refractivity contribution in [3.8, 4) is 0 Å². The first kappa shape index (κ1) is 14.2. The Morgan fingerprint density at radius 3 is 2.35 bits per heavy atom. The van der Waals surface area contributed by atoms with Crippen LogP contribution in [0.4, 0.5) is 0 Å². The third-order valence-corrected chi connectivity index (χ3v) is 4.52. The van der Waals surface area contributed by atoms with E-state index in [2.05, 4.69) is 12.2 Å². The van der Waals surface area contributed by atoms with Crippen LogP contribution in [0.25, 0.3) is 0 Å². The normalized spacial score (nSPS) is 12.1. The van der Waals surface area contributed by atoms with Crippen LogP contribution in [-0.2, 0) is 23.0 Å². The zero-order valence-corrected chi connectivity index (χ0v) is 11.6. The number of benzene rings is 1. The van der Waals surface area contributed by atoms with Gasteiger partial charge in [0.05, 0.1) is 4.90 Å². The molecule has 0 saturated carbocycles. The molecule has 1 rings (SSSR count). The first-order chi connectivity index (χ1) is 7.93. The Hall–Kier alpha value is -0.910. The van der Waals surface area contributed by atoms with Crippen molar-refractivity contribution >= 4 is 10.0 Å². The van der Waals surface area contributed by atoms with Gasteiger partial charge in [0.15, 0.2) is 0 Å². The third kappa shape index (κ3) is 3.06. The standard InChI is InChI=1S/C12H20N2O2S/c1-5-10-6-7-12(8-11(10)9-13-2)17(15,16)14(3)4/h6-8,13H,5,9H2,1-4H3. The molecule has 0 atom stereocenters. The average Bonchev–Trinajstić information content (AvgIpc) is 2.29. The van der Waals surface area contributed by atoms with Crippen LogP contribution in [0, 0.1) is 0 Å². The second kappa shape index (κ2) is 5.62. The number of hydrogen-bond donors (Lipinski definition) is 1. The van der Waals surface area contributed by atoms with Gasteiger partial charge in [0, 0.05) is 20.6 Å². The Balaban J connectivity index is 3.25. The maximum atomic E-state index is 12.0. The van der Waals surface area contributed by atoms with Crippen molar-refractivity contribution in [3.05, 3.63) is 29.3 Å². The van der Waals surface area contributed by atoms with Gasteiger partial charge in [-0.1, -0.05) is 13.0 Å². The second-order valence-corrected chi connectivity index (χ2v) is 6.25. The lowest BCUT2D eigenvalue weighted by Gasteiger charge is -2.14. The largest absolute Gasteiger partial charge is 0.316 e. The molecule has 0 aromatic heterocycles. The first-order valence-corrected chi connectivity index (χ1v) is 7.06. The highest BCUT2D eigenvalue weighted by Crippen LogP contribution is 2.18. The molecule has 0 radical (unpaired) electrons. The summed E-state index contributed by atoms with van der Waals surface area (Å²) >= 11 is 0. The fourth-order valence-electron chi connectivity index (χ4n) is 1.67. The molecule has 4 nitrogen and oxygen atoms in total. The number of sulfonamides is 1. The summed E-state index contributed by atoms with van der Waals surface area (Å²) in [6, 6.07) is 5.32. The molecule has 0 bridgehead atoms. The maximum absolute atomic E-state index is 12.0. The molecule has 0 amide bonds. The Bertz CT molecular complexity index is 481. The van der Waals surface area contributed by atoms with E-state index < -0.39 is 10.0 Å². The molecule has 1 N–H and O–H groups in total. The minimum atomic E-state index is -3.34. The molecular weight excluding hydrogens is 236 g/mol. The highest BCUT2D eigenvalue weighted by atomic mass is 32.2. The van der Waals surface area contributed by atoms with Crippen LogP contribution in [0.5, 0.6) is 0 Å². The summed E-state index contributed by atoms with van der Waals surface area (Å²) < 4.78 is 25.2. The van der Waals surface area contributed by atoms with Crippen LogP contribution in [0.1, 0.15) is 18.1 Å². The number of aryl methyl sites for hydroxylation is 1. The van der Waals surface area contributed by atoms with Gasteiger partial charge >= 0.3 is 0 Å². The monoisotopic (exact) mass is 256 g/mol. The van der Waals surface area contributed by atoms with Gasteiger partial charge < -0.3 is 5.32 Å². The van der Waals surface area contributed by atoms with Gasteiger partial charge in [-0.05, 0) is 36.7 Å². The van der Waals surface area contributed by atoms with E-state index in [1.165, 1.54) is 9.87 Å². The number of hydrogen-bond acceptors (Lipinski definition) is 3. The minimum Gasteiger partial charge on any atom is -0.316 e. The molecule has 0 heterocycles. The Morgan fingerprint density at radius 2 is 1.88 bits per heavy atom. The lowest BCUT2D eigenvalue weighted by atomic mass is 10.1. The summed E-state index contributed by atoms with van der Waals surface area (Å²) in [5, 5.41) is 3.06. The molecule has 0 aliphatic rings. The van der Waals surface area contributed by atoms with Crippen molar-refractivity contribution in [1.82, 2.24) is 9.62 Å². The van der Waals surface area contributed by atoms with Crippen molar-refractivity contribution in [3.63, 3.8) is 0 Å². The van der Waals surface area contributed by atoms with Crippen LogP contribution in [-0.4, -0.2) is 33.9 Å². The van der Waals surface area contributed by atoms with Crippen LogP contribution in [0.15, 0.2) is 23.1 Å². The van der Waals surface area contributed by atoms with E-state index in [4.69, 9.17) is 0 Å². The average molecular weight is 256 g/mol. The van der Waals surface area contributed by atoms with Crippen molar-refractivity contribution in [2.75, 3.05) is 21.1 Å². The predicted octanol–water partition coefficient (Wildman–Crippen LogP) is 1.22. The molecule has 0 spiro atoms. The zero-order chi connectivity index (χ0) is 13.1. The quantitative estimate of drug-likeness (QED) is 0.861. The fraction of sp³-hybridized carbons (Fsp3) is 0.500. The molecule has 0 aliphatic heterocycles. The molecule has 1 aromatic rings. The molecule has 1 aromatic carbocycles. The Morgan fingerprint density at radius 1 is 1.24 bits per heavy atom. The van der Waals surface area contributed by atoms with E-state index in [-0.39, 0.29) is 0 Å². The molecule has 5 heteroatoms. The topological polar surface area (TPSA) is 49.4 Å². The lowest BCUT2D eigenvalue weighted by molar-refractivity contribution is 0.520. The number of rotatable bonds is 5. The fourth-order valence-corrected chi connectivity index (χ4v) is 2.63. The third-order valence-electron chi connectivity index (χ3n) is 2.70. The van der Waals surface area contributed by atoms with E-state index in [1.54, 1.807) is 26.2 Å². The summed E-state index contributed by atoms with van der Waals surface area (Å²) in [7, 11) is 1.60. The zero-order valence-electron chi connectivity index (χ0n) is 10.8. The molecule has 0 unspecified atom stereocenters. The lowest BCUT2D eigenvalue weighted by Crippen LogP contribution is -2.22. The molecule has 0 aliphatic carbocycles. The second-order valence-electron chi connectivity index (χ2n) is 4.10.